The third-order valence-corrected chi connectivity index (χ3v) is 2.89. The smallest absolute Gasteiger partial charge is 0.416 e. The molecule has 0 fully saturated rings. The monoisotopic (exact) mass is 296 g/mol. The maximum absolute atomic E-state index is 12.5. The van der Waals surface area contributed by atoms with E-state index in [2.05, 4.69) is 0 Å². The van der Waals surface area contributed by atoms with E-state index in [0.29, 0.717) is 6.07 Å². The standard InChI is InChI=1S/C11H8ClF3O4/c12-10(9(18)19,5-8(16)17)6-2-1-3-7(4-6)11(13,14)15/h1-4H,5H2,(H,16,17)(H,18,19). The molecular formula is C11H8ClF3O4. The predicted molar refractivity (Wildman–Crippen MR) is 58.9 cm³/mol. The van der Waals surface area contributed by atoms with Crippen LogP contribution in [0.1, 0.15) is 17.5 Å². The lowest BCUT2D eigenvalue weighted by Crippen LogP contribution is -2.32. The first kappa shape index (κ1) is 15.3. The van der Waals surface area contributed by atoms with Gasteiger partial charge in [0.1, 0.15) is 0 Å². The molecule has 1 atom stereocenters. The molecule has 0 saturated carbocycles. The summed E-state index contributed by atoms with van der Waals surface area (Å²) < 4.78 is 37.5. The van der Waals surface area contributed by atoms with Crippen molar-refractivity contribution in [1.29, 1.82) is 0 Å². The number of carbonyl (C=O) groups is 2. The van der Waals surface area contributed by atoms with Gasteiger partial charge < -0.3 is 10.2 Å². The largest absolute Gasteiger partial charge is 0.481 e. The van der Waals surface area contributed by atoms with Gasteiger partial charge >= 0.3 is 18.1 Å². The second-order valence-electron chi connectivity index (χ2n) is 3.76. The summed E-state index contributed by atoms with van der Waals surface area (Å²) in [4.78, 5) is 19.2. The van der Waals surface area contributed by atoms with Crippen LogP contribution in [0.5, 0.6) is 0 Å². The van der Waals surface area contributed by atoms with Crippen LogP contribution in [0.2, 0.25) is 0 Å². The number of hydrogen-bond acceptors (Lipinski definition) is 2. The maximum atomic E-state index is 12.5. The molecule has 1 rings (SSSR count). The molecule has 8 heteroatoms. The van der Waals surface area contributed by atoms with Gasteiger partial charge in [-0.05, 0) is 17.7 Å². The Bertz CT molecular complexity index is 515. The summed E-state index contributed by atoms with van der Waals surface area (Å²) in [7, 11) is 0. The van der Waals surface area contributed by atoms with E-state index in [4.69, 9.17) is 21.8 Å². The molecule has 104 valence electrons. The molecule has 1 unspecified atom stereocenters. The van der Waals surface area contributed by atoms with Crippen LogP contribution < -0.4 is 0 Å². The van der Waals surface area contributed by atoms with Crippen LogP contribution in [0.4, 0.5) is 13.2 Å². The third kappa shape index (κ3) is 3.37. The van der Waals surface area contributed by atoms with Crippen molar-refractivity contribution in [2.75, 3.05) is 0 Å². The van der Waals surface area contributed by atoms with Gasteiger partial charge in [0.05, 0.1) is 12.0 Å². The van der Waals surface area contributed by atoms with Gasteiger partial charge in [-0.25, -0.2) is 4.79 Å². The van der Waals surface area contributed by atoms with Crippen molar-refractivity contribution in [1.82, 2.24) is 0 Å². The highest BCUT2D eigenvalue weighted by Crippen LogP contribution is 2.37. The maximum Gasteiger partial charge on any atom is 0.416 e. The molecule has 0 heterocycles. The van der Waals surface area contributed by atoms with Crippen LogP contribution >= 0.6 is 11.6 Å². The average Bonchev–Trinajstić information content (AvgIpc) is 2.26. The highest BCUT2D eigenvalue weighted by atomic mass is 35.5. The summed E-state index contributed by atoms with van der Waals surface area (Å²) in [5.41, 5.74) is -1.53. The van der Waals surface area contributed by atoms with Crippen molar-refractivity contribution in [2.24, 2.45) is 0 Å². The molecule has 19 heavy (non-hydrogen) atoms. The molecule has 0 radical (unpaired) electrons. The molecule has 0 aliphatic heterocycles. The van der Waals surface area contributed by atoms with Crippen molar-refractivity contribution >= 4 is 23.5 Å². The number of carboxylic acids is 2. The number of benzene rings is 1. The van der Waals surface area contributed by atoms with Gasteiger partial charge in [0, 0.05) is 0 Å². The SMILES string of the molecule is O=C(O)CC(Cl)(C(=O)O)c1cccc(C(F)(F)F)c1. The van der Waals surface area contributed by atoms with Gasteiger partial charge in [-0.2, -0.15) is 13.2 Å². The Kier molecular flexibility index (Phi) is 4.09. The molecule has 4 nitrogen and oxygen atoms in total. The molecular weight excluding hydrogens is 289 g/mol. The van der Waals surface area contributed by atoms with E-state index in [1.165, 1.54) is 0 Å². The Hall–Kier alpha value is -1.76. The zero-order valence-electron chi connectivity index (χ0n) is 9.24. The van der Waals surface area contributed by atoms with E-state index in [9.17, 15) is 22.8 Å². The van der Waals surface area contributed by atoms with Crippen molar-refractivity contribution in [3.63, 3.8) is 0 Å². The second kappa shape index (κ2) is 5.08. The molecule has 0 spiro atoms. The Morgan fingerprint density at radius 3 is 2.11 bits per heavy atom. The number of rotatable bonds is 4. The Morgan fingerprint density at radius 2 is 1.68 bits per heavy atom. The number of aliphatic carboxylic acids is 2. The van der Waals surface area contributed by atoms with Crippen LogP contribution in [0, 0.1) is 0 Å². The van der Waals surface area contributed by atoms with Crippen molar-refractivity contribution in [3.8, 4) is 0 Å². The fraction of sp³-hybridized carbons (Fsp3) is 0.273. The quantitative estimate of drug-likeness (QED) is 0.838. The normalized spacial score (nSPS) is 14.7. The molecule has 0 bridgehead atoms. The topological polar surface area (TPSA) is 74.6 Å². The summed E-state index contributed by atoms with van der Waals surface area (Å²) in [5, 5.41) is 17.6. The van der Waals surface area contributed by atoms with E-state index >= 15 is 0 Å². The first-order valence-corrected chi connectivity index (χ1v) is 5.27. The van der Waals surface area contributed by atoms with Crippen LogP contribution in [0.25, 0.3) is 0 Å². The summed E-state index contributed by atoms with van der Waals surface area (Å²) in [6, 6.07) is 3.28. The zero-order chi connectivity index (χ0) is 14.8. The summed E-state index contributed by atoms with van der Waals surface area (Å²) in [5.74, 6) is -3.26. The predicted octanol–water partition coefficient (Wildman–Crippen LogP) is 2.70. The summed E-state index contributed by atoms with van der Waals surface area (Å²) in [6.07, 6.45) is -5.71. The number of alkyl halides is 4. The number of halogens is 4. The third-order valence-electron chi connectivity index (χ3n) is 2.38. The molecule has 0 aromatic heterocycles. The molecule has 1 aromatic carbocycles. The Morgan fingerprint density at radius 1 is 1.16 bits per heavy atom. The Labute approximate surface area is 110 Å². The van der Waals surface area contributed by atoms with Crippen molar-refractivity contribution < 1.29 is 33.0 Å². The lowest BCUT2D eigenvalue weighted by Gasteiger charge is -2.21. The minimum atomic E-state index is -4.67. The summed E-state index contributed by atoms with van der Waals surface area (Å²) in [6.45, 7) is 0. The van der Waals surface area contributed by atoms with Gasteiger partial charge in [0.2, 0.25) is 0 Å². The van der Waals surface area contributed by atoms with E-state index in [0.717, 1.165) is 18.2 Å². The Balaban J connectivity index is 3.32. The molecule has 0 aliphatic rings. The molecule has 1 aromatic rings. The highest BCUT2D eigenvalue weighted by Gasteiger charge is 2.42. The van der Waals surface area contributed by atoms with E-state index < -0.39 is 40.5 Å². The number of carboxylic acid groups (broad SMARTS) is 2. The first-order chi connectivity index (χ1) is 8.57. The van der Waals surface area contributed by atoms with E-state index in [1.54, 1.807) is 0 Å². The lowest BCUT2D eigenvalue weighted by molar-refractivity contribution is -0.147. The molecule has 0 aliphatic carbocycles. The van der Waals surface area contributed by atoms with E-state index in [-0.39, 0.29) is 0 Å². The van der Waals surface area contributed by atoms with Gasteiger partial charge in [-0.1, -0.05) is 12.1 Å². The second-order valence-corrected chi connectivity index (χ2v) is 4.40. The van der Waals surface area contributed by atoms with Crippen LogP contribution in [0.15, 0.2) is 24.3 Å². The van der Waals surface area contributed by atoms with Crippen LogP contribution in [-0.4, -0.2) is 22.2 Å². The first-order valence-electron chi connectivity index (χ1n) is 4.89. The van der Waals surface area contributed by atoms with Crippen LogP contribution in [0.3, 0.4) is 0 Å². The zero-order valence-corrected chi connectivity index (χ0v) is 10.00. The average molecular weight is 297 g/mol. The van der Waals surface area contributed by atoms with Gasteiger partial charge in [-0.15, -0.1) is 11.6 Å². The fourth-order valence-corrected chi connectivity index (χ4v) is 1.68. The van der Waals surface area contributed by atoms with Crippen molar-refractivity contribution in [2.45, 2.75) is 17.5 Å². The van der Waals surface area contributed by atoms with Gasteiger partial charge in [0.25, 0.3) is 0 Å². The highest BCUT2D eigenvalue weighted by molar-refractivity contribution is 6.34. The summed E-state index contributed by atoms with van der Waals surface area (Å²) >= 11 is 5.67. The van der Waals surface area contributed by atoms with Gasteiger partial charge in [-0.3, -0.25) is 4.79 Å². The molecule has 2 N–H and O–H groups in total. The minimum Gasteiger partial charge on any atom is -0.481 e. The van der Waals surface area contributed by atoms with Gasteiger partial charge in [0.15, 0.2) is 4.87 Å². The fourth-order valence-electron chi connectivity index (χ4n) is 1.45. The lowest BCUT2D eigenvalue weighted by atomic mass is 9.93. The number of hydrogen-bond donors (Lipinski definition) is 2. The molecule has 0 amide bonds. The van der Waals surface area contributed by atoms with Crippen molar-refractivity contribution in [3.05, 3.63) is 35.4 Å². The minimum absolute atomic E-state index is 0.432. The van der Waals surface area contributed by atoms with E-state index in [1.807, 2.05) is 0 Å². The van der Waals surface area contributed by atoms with Crippen LogP contribution in [-0.2, 0) is 20.6 Å². The molecule has 0 saturated heterocycles.